The largest absolute Gasteiger partial charge is 0.421 e. The molecule has 0 aliphatic heterocycles. The Hall–Kier alpha value is -2.34. The zero-order valence-electron chi connectivity index (χ0n) is 17.2. The summed E-state index contributed by atoms with van der Waals surface area (Å²) >= 11 is 13.4. The molecule has 0 aliphatic rings. The van der Waals surface area contributed by atoms with Crippen molar-refractivity contribution in [1.82, 2.24) is 10.7 Å². The summed E-state index contributed by atoms with van der Waals surface area (Å²) in [4.78, 5) is 36.9. The molecule has 0 saturated heterocycles. The van der Waals surface area contributed by atoms with E-state index in [0.717, 1.165) is 4.47 Å². The number of halogens is 4. The van der Waals surface area contributed by atoms with E-state index in [2.05, 4.69) is 79.6 Å². The topological polar surface area (TPSA) is 96.9 Å². The molecule has 2 N–H and O–H groups in total. The lowest BCUT2D eigenvalue weighted by Gasteiger charge is -2.11. The van der Waals surface area contributed by atoms with Crippen LogP contribution in [0.2, 0.25) is 0 Å². The van der Waals surface area contributed by atoms with Gasteiger partial charge in [0.1, 0.15) is 0 Å². The van der Waals surface area contributed by atoms with Crippen LogP contribution in [-0.4, -0.2) is 30.5 Å². The summed E-state index contributed by atoms with van der Waals surface area (Å²) in [6.45, 7) is -0.273. The maximum absolute atomic E-state index is 12.6. The van der Waals surface area contributed by atoms with E-state index >= 15 is 0 Å². The third-order valence-electron chi connectivity index (χ3n) is 4.21. The number of benzene rings is 3. The quantitative estimate of drug-likeness (QED) is 0.139. The summed E-state index contributed by atoms with van der Waals surface area (Å²) in [6, 6.07) is 17.1. The SMILES string of the molecule is O=C(CNC(=O)c1ccccc1Br)NN=Cc1cc(Br)cc(Br)c1OC(=O)c1cccc(Br)c1. The molecule has 0 heterocycles. The Bertz CT molecular complexity index is 1280. The molecule has 0 radical (unpaired) electrons. The van der Waals surface area contributed by atoms with Crippen molar-refractivity contribution in [2.45, 2.75) is 0 Å². The molecule has 0 fully saturated rings. The van der Waals surface area contributed by atoms with Crippen molar-refractivity contribution < 1.29 is 19.1 Å². The summed E-state index contributed by atoms with van der Waals surface area (Å²) in [7, 11) is 0. The third-order valence-corrected chi connectivity index (χ3v) is 6.44. The second-order valence-corrected chi connectivity index (χ2v) is 10.2. The van der Waals surface area contributed by atoms with E-state index in [0.29, 0.717) is 30.1 Å². The van der Waals surface area contributed by atoms with Crippen molar-refractivity contribution in [2.24, 2.45) is 5.10 Å². The molecular weight excluding hydrogens is 702 g/mol. The number of rotatable bonds is 7. The maximum atomic E-state index is 12.6. The van der Waals surface area contributed by atoms with Crippen LogP contribution in [0.3, 0.4) is 0 Å². The fourth-order valence-electron chi connectivity index (χ4n) is 2.67. The van der Waals surface area contributed by atoms with Crippen LogP contribution >= 0.6 is 63.7 Å². The molecule has 7 nitrogen and oxygen atoms in total. The number of hydrogen-bond donors (Lipinski definition) is 2. The average molecular weight is 717 g/mol. The van der Waals surface area contributed by atoms with Crippen LogP contribution in [0.15, 0.2) is 83.7 Å². The minimum atomic E-state index is -0.558. The lowest BCUT2D eigenvalue weighted by molar-refractivity contribution is -0.120. The lowest BCUT2D eigenvalue weighted by Crippen LogP contribution is -2.35. The normalized spacial score (nSPS) is 10.7. The average Bonchev–Trinajstić information content (AvgIpc) is 2.79. The number of carbonyl (C=O) groups is 3. The minimum Gasteiger partial charge on any atom is -0.421 e. The predicted molar refractivity (Wildman–Crippen MR) is 143 cm³/mol. The smallest absolute Gasteiger partial charge is 0.343 e. The van der Waals surface area contributed by atoms with Gasteiger partial charge in [-0.05, 0) is 74.3 Å². The van der Waals surface area contributed by atoms with Gasteiger partial charge >= 0.3 is 5.97 Å². The minimum absolute atomic E-state index is 0.230. The molecule has 174 valence electrons. The molecule has 0 unspecified atom stereocenters. The zero-order valence-corrected chi connectivity index (χ0v) is 23.5. The monoisotopic (exact) mass is 713 g/mol. The molecule has 34 heavy (non-hydrogen) atoms. The molecule has 3 aromatic carbocycles. The Kier molecular flexibility index (Phi) is 9.57. The highest BCUT2D eigenvalue weighted by molar-refractivity contribution is 9.11. The predicted octanol–water partition coefficient (Wildman–Crippen LogP) is 5.84. The van der Waals surface area contributed by atoms with Gasteiger partial charge in [0.05, 0.1) is 28.4 Å². The summed E-state index contributed by atoms with van der Waals surface area (Å²) in [6.07, 6.45) is 1.34. The first-order valence-corrected chi connectivity index (χ1v) is 12.7. The molecule has 0 saturated carbocycles. The van der Waals surface area contributed by atoms with Gasteiger partial charge in [0.15, 0.2) is 5.75 Å². The number of nitrogens with one attached hydrogen (secondary N) is 2. The van der Waals surface area contributed by atoms with E-state index in [1.54, 1.807) is 60.7 Å². The van der Waals surface area contributed by atoms with Crippen LogP contribution in [0.4, 0.5) is 0 Å². The third kappa shape index (κ3) is 7.33. The van der Waals surface area contributed by atoms with Crippen molar-refractivity contribution >= 4 is 87.7 Å². The van der Waals surface area contributed by atoms with Crippen LogP contribution in [0.1, 0.15) is 26.3 Å². The number of ether oxygens (including phenoxy) is 1. The van der Waals surface area contributed by atoms with Crippen LogP contribution in [0.5, 0.6) is 5.75 Å². The number of hydrogen-bond acceptors (Lipinski definition) is 5. The summed E-state index contributed by atoms with van der Waals surface area (Å²) in [5.74, 6) is -1.26. The van der Waals surface area contributed by atoms with Crippen molar-refractivity contribution in [3.8, 4) is 5.75 Å². The van der Waals surface area contributed by atoms with Gasteiger partial charge in [0.25, 0.3) is 11.8 Å². The Morgan fingerprint density at radius 1 is 0.882 bits per heavy atom. The molecule has 0 bridgehead atoms. The summed E-state index contributed by atoms with van der Waals surface area (Å²) in [5, 5.41) is 6.44. The van der Waals surface area contributed by atoms with E-state index in [1.165, 1.54) is 6.21 Å². The van der Waals surface area contributed by atoms with Crippen molar-refractivity contribution in [1.29, 1.82) is 0 Å². The van der Waals surface area contributed by atoms with E-state index in [1.807, 2.05) is 0 Å². The molecule has 2 amide bonds. The second-order valence-electron chi connectivity index (χ2n) is 6.66. The van der Waals surface area contributed by atoms with Gasteiger partial charge in [0.2, 0.25) is 0 Å². The molecule has 0 aliphatic carbocycles. The number of carbonyl (C=O) groups excluding carboxylic acids is 3. The highest BCUT2D eigenvalue weighted by atomic mass is 79.9. The molecule has 3 aromatic rings. The Labute approximate surface area is 228 Å². The highest BCUT2D eigenvalue weighted by Crippen LogP contribution is 2.33. The molecule has 3 rings (SSSR count). The molecule has 0 aromatic heterocycles. The molecular formula is C23H15Br4N3O4. The van der Waals surface area contributed by atoms with Crippen LogP contribution in [-0.2, 0) is 4.79 Å². The number of hydrazone groups is 1. The number of esters is 1. The standard InChI is InChI=1S/C23H15Br4N3O4/c24-15-5-3-4-13(8-15)23(33)34-21-14(9-16(25)10-19(21)27)11-29-30-20(31)12-28-22(32)17-6-1-2-7-18(17)26/h1-11H,12H2,(H,28,32)(H,30,31). The molecule has 0 spiro atoms. The fraction of sp³-hybridized carbons (Fsp3) is 0.0435. The maximum Gasteiger partial charge on any atom is 0.343 e. The number of nitrogens with zero attached hydrogens (tertiary/aromatic N) is 1. The Balaban J connectivity index is 1.66. The molecule has 11 heteroatoms. The molecule has 0 atom stereocenters. The summed E-state index contributed by atoms with van der Waals surface area (Å²) < 4.78 is 8.16. The van der Waals surface area contributed by atoms with E-state index in [-0.39, 0.29) is 12.3 Å². The summed E-state index contributed by atoms with van der Waals surface area (Å²) in [5.41, 5.74) is 3.54. The van der Waals surface area contributed by atoms with Crippen LogP contribution in [0.25, 0.3) is 0 Å². The van der Waals surface area contributed by atoms with Gasteiger partial charge in [0, 0.05) is 19.0 Å². The van der Waals surface area contributed by atoms with Gasteiger partial charge in [-0.15, -0.1) is 0 Å². The van der Waals surface area contributed by atoms with Crippen molar-refractivity contribution in [3.05, 3.63) is 95.2 Å². The zero-order chi connectivity index (χ0) is 24.7. The van der Waals surface area contributed by atoms with E-state index in [9.17, 15) is 14.4 Å². The number of amides is 2. The second kappa shape index (κ2) is 12.4. The van der Waals surface area contributed by atoms with Crippen molar-refractivity contribution in [3.63, 3.8) is 0 Å². The Morgan fingerprint density at radius 3 is 2.38 bits per heavy atom. The first kappa shape index (κ1) is 26.3. The Morgan fingerprint density at radius 2 is 1.65 bits per heavy atom. The fourth-order valence-corrected chi connectivity index (χ4v) is 4.87. The van der Waals surface area contributed by atoms with Crippen LogP contribution < -0.4 is 15.5 Å². The van der Waals surface area contributed by atoms with Gasteiger partial charge < -0.3 is 10.1 Å². The first-order chi connectivity index (χ1) is 16.2. The van der Waals surface area contributed by atoms with Gasteiger partial charge in [-0.2, -0.15) is 5.10 Å². The van der Waals surface area contributed by atoms with Gasteiger partial charge in [-0.1, -0.05) is 50.1 Å². The van der Waals surface area contributed by atoms with E-state index < -0.39 is 17.8 Å². The highest BCUT2D eigenvalue weighted by Gasteiger charge is 2.16. The lowest BCUT2D eigenvalue weighted by atomic mass is 10.2. The van der Waals surface area contributed by atoms with E-state index in [4.69, 9.17) is 4.74 Å². The van der Waals surface area contributed by atoms with Gasteiger partial charge in [-0.3, -0.25) is 9.59 Å². The first-order valence-electron chi connectivity index (χ1n) is 9.56. The van der Waals surface area contributed by atoms with Crippen LogP contribution in [0, 0.1) is 0 Å². The van der Waals surface area contributed by atoms with Gasteiger partial charge in [-0.25, -0.2) is 10.2 Å². The van der Waals surface area contributed by atoms with Crippen molar-refractivity contribution in [2.75, 3.05) is 6.54 Å².